The van der Waals surface area contributed by atoms with E-state index in [1.165, 1.54) is 13.0 Å². The summed E-state index contributed by atoms with van der Waals surface area (Å²) in [4.78, 5) is 6.23. The second kappa shape index (κ2) is 4.15. The van der Waals surface area contributed by atoms with E-state index < -0.39 is 0 Å². The molecule has 14 heavy (non-hydrogen) atoms. The molecule has 4 heteroatoms. The molecule has 0 aromatic carbocycles. The first-order valence-corrected chi connectivity index (χ1v) is 5.07. The number of rotatable bonds is 3. The monoisotopic (exact) mass is 212 g/mol. The predicted molar refractivity (Wildman–Crippen MR) is 55.8 cm³/mol. The average molecular weight is 213 g/mol. The fourth-order valence-corrected chi connectivity index (χ4v) is 1.61. The number of ether oxygens (including phenoxy) is 1. The third-order valence-corrected chi connectivity index (χ3v) is 2.77. The largest absolute Gasteiger partial charge is 0.490 e. The summed E-state index contributed by atoms with van der Waals surface area (Å²) in [7, 11) is 2.10. The first kappa shape index (κ1) is 9.74. The quantitative estimate of drug-likeness (QED) is 0.764. The van der Waals surface area contributed by atoms with Crippen molar-refractivity contribution in [3.05, 3.63) is 23.5 Å². The Balaban J connectivity index is 1.85. The van der Waals surface area contributed by atoms with E-state index in [4.69, 9.17) is 16.3 Å². The van der Waals surface area contributed by atoms with Crippen molar-refractivity contribution in [2.45, 2.75) is 12.5 Å². The topological polar surface area (TPSA) is 25.4 Å². The highest BCUT2D eigenvalue weighted by atomic mass is 35.5. The van der Waals surface area contributed by atoms with Gasteiger partial charge >= 0.3 is 0 Å². The molecule has 3 nitrogen and oxygen atoms in total. The van der Waals surface area contributed by atoms with Crippen LogP contribution in [0.5, 0.6) is 5.75 Å². The van der Waals surface area contributed by atoms with Crippen LogP contribution in [0.15, 0.2) is 18.5 Å². The lowest BCUT2D eigenvalue weighted by molar-refractivity contribution is 0.0767. The molecule has 0 spiro atoms. The van der Waals surface area contributed by atoms with E-state index in [1.807, 2.05) is 0 Å². The fourth-order valence-electron chi connectivity index (χ4n) is 1.44. The van der Waals surface area contributed by atoms with Gasteiger partial charge in [0, 0.05) is 18.3 Å². The van der Waals surface area contributed by atoms with Gasteiger partial charge < -0.3 is 4.74 Å². The molecular formula is C10H13ClN2O. The highest BCUT2D eigenvalue weighted by Crippen LogP contribution is 2.18. The predicted octanol–water partition coefficient (Wildman–Crippen LogP) is 1.82. The molecule has 1 atom stereocenters. The molecule has 0 radical (unpaired) electrons. The number of likely N-dealkylation sites (tertiary alicyclic amines) is 1. The zero-order chi connectivity index (χ0) is 9.97. The number of hydrogen-bond donors (Lipinski definition) is 0. The van der Waals surface area contributed by atoms with Crippen molar-refractivity contribution < 1.29 is 4.74 Å². The number of halogens is 1. The Morgan fingerprint density at radius 2 is 2.50 bits per heavy atom. The molecule has 1 aliphatic rings. The SMILES string of the molecule is CN1CCC1COc1cncc(Cl)c1. The maximum atomic E-state index is 5.78. The van der Waals surface area contributed by atoms with Crippen molar-refractivity contribution in [1.82, 2.24) is 9.88 Å². The summed E-state index contributed by atoms with van der Waals surface area (Å²) >= 11 is 5.78. The van der Waals surface area contributed by atoms with Crippen molar-refractivity contribution in [3.8, 4) is 5.75 Å². The minimum Gasteiger partial charge on any atom is -0.490 e. The zero-order valence-corrected chi connectivity index (χ0v) is 8.87. The van der Waals surface area contributed by atoms with E-state index in [1.54, 1.807) is 18.5 Å². The smallest absolute Gasteiger partial charge is 0.139 e. The van der Waals surface area contributed by atoms with Gasteiger partial charge in [-0.1, -0.05) is 11.6 Å². The van der Waals surface area contributed by atoms with E-state index in [2.05, 4.69) is 16.9 Å². The fraction of sp³-hybridized carbons (Fsp3) is 0.500. The van der Waals surface area contributed by atoms with E-state index >= 15 is 0 Å². The number of nitrogens with zero attached hydrogens (tertiary/aromatic N) is 2. The summed E-state index contributed by atoms with van der Waals surface area (Å²) in [6.45, 7) is 1.89. The molecule has 0 N–H and O–H groups in total. The summed E-state index contributed by atoms with van der Waals surface area (Å²) in [6, 6.07) is 2.33. The van der Waals surface area contributed by atoms with E-state index in [0.717, 1.165) is 12.4 Å². The van der Waals surface area contributed by atoms with Crippen LogP contribution >= 0.6 is 11.6 Å². The normalized spacial score (nSPS) is 21.7. The van der Waals surface area contributed by atoms with Gasteiger partial charge in [-0.05, 0) is 20.0 Å². The third kappa shape index (κ3) is 2.16. The molecule has 1 aromatic rings. The van der Waals surface area contributed by atoms with Crippen LogP contribution in [0.3, 0.4) is 0 Å². The van der Waals surface area contributed by atoms with Gasteiger partial charge in [-0.2, -0.15) is 0 Å². The Morgan fingerprint density at radius 1 is 1.64 bits per heavy atom. The van der Waals surface area contributed by atoms with Gasteiger partial charge in [0.1, 0.15) is 12.4 Å². The molecule has 1 fully saturated rings. The molecular weight excluding hydrogens is 200 g/mol. The van der Waals surface area contributed by atoms with Crippen LogP contribution in [0.2, 0.25) is 5.02 Å². The van der Waals surface area contributed by atoms with Crippen LogP contribution in [0.25, 0.3) is 0 Å². The molecule has 1 aromatic heterocycles. The number of aromatic nitrogens is 1. The van der Waals surface area contributed by atoms with E-state index in [9.17, 15) is 0 Å². The lowest BCUT2D eigenvalue weighted by Gasteiger charge is -2.37. The standard InChI is InChI=1S/C10H13ClN2O/c1-13-3-2-9(13)7-14-10-4-8(11)5-12-6-10/h4-6,9H,2-3,7H2,1H3. The van der Waals surface area contributed by atoms with Gasteiger partial charge in [0.2, 0.25) is 0 Å². The molecule has 2 heterocycles. The second-order valence-electron chi connectivity index (χ2n) is 3.57. The number of likely N-dealkylation sites (N-methyl/N-ethyl adjacent to an activating group) is 1. The average Bonchev–Trinajstić information content (AvgIpc) is 2.16. The highest BCUT2D eigenvalue weighted by Gasteiger charge is 2.24. The van der Waals surface area contributed by atoms with E-state index in [-0.39, 0.29) is 0 Å². The molecule has 2 rings (SSSR count). The second-order valence-corrected chi connectivity index (χ2v) is 4.01. The van der Waals surface area contributed by atoms with Crippen molar-refractivity contribution in [3.63, 3.8) is 0 Å². The minimum absolute atomic E-state index is 0.550. The van der Waals surface area contributed by atoms with Gasteiger partial charge in [0.15, 0.2) is 0 Å². The Morgan fingerprint density at radius 3 is 3.07 bits per heavy atom. The summed E-state index contributed by atoms with van der Waals surface area (Å²) in [5.41, 5.74) is 0. The molecule has 1 saturated heterocycles. The molecule has 0 aliphatic carbocycles. The number of hydrogen-bond acceptors (Lipinski definition) is 3. The van der Waals surface area contributed by atoms with Crippen molar-refractivity contribution in [2.24, 2.45) is 0 Å². The molecule has 0 bridgehead atoms. The summed E-state index contributed by atoms with van der Waals surface area (Å²) in [6.07, 6.45) is 4.50. The van der Waals surface area contributed by atoms with Crippen molar-refractivity contribution in [2.75, 3.05) is 20.2 Å². The Bertz CT molecular complexity index is 319. The van der Waals surface area contributed by atoms with Crippen molar-refractivity contribution in [1.29, 1.82) is 0 Å². The van der Waals surface area contributed by atoms with Gasteiger partial charge in [-0.3, -0.25) is 9.88 Å². The van der Waals surface area contributed by atoms with Gasteiger partial charge in [0.05, 0.1) is 11.2 Å². The Hall–Kier alpha value is -0.800. The van der Waals surface area contributed by atoms with Gasteiger partial charge in [-0.15, -0.1) is 0 Å². The zero-order valence-electron chi connectivity index (χ0n) is 8.11. The molecule has 1 unspecified atom stereocenters. The highest BCUT2D eigenvalue weighted by molar-refractivity contribution is 6.30. The third-order valence-electron chi connectivity index (χ3n) is 2.56. The molecule has 0 saturated carbocycles. The van der Waals surface area contributed by atoms with E-state index in [0.29, 0.717) is 11.1 Å². The molecule has 76 valence electrons. The first-order chi connectivity index (χ1) is 6.75. The first-order valence-electron chi connectivity index (χ1n) is 4.69. The summed E-state index contributed by atoms with van der Waals surface area (Å²) in [5, 5.41) is 0.615. The maximum absolute atomic E-state index is 5.78. The van der Waals surface area contributed by atoms with Crippen LogP contribution in [-0.4, -0.2) is 36.1 Å². The lowest BCUT2D eigenvalue weighted by atomic mass is 10.1. The Labute approximate surface area is 88.6 Å². The lowest BCUT2D eigenvalue weighted by Crippen LogP contribution is -2.48. The van der Waals surface area contributed by atoms with Gasteiger partial charge in [-0.25, -0.2) is 0 Å². The van der Waals surface area contributed by atoms with Crippen LogP contribution in [0.4, 0.5) is 0 Å². The molecule has 0 amide bonds. The summed E-state index contributed by atoms with van der Waals surface area (Å²) < 4.78 is 5.57. The van der Waals surface area contributed by atoms with Crippen LogP contribution < -0.4 is 4.74 Å². The maximum Gasteiger partial charge on any atom is 0.139 e. The van der Waals surface area contributed by atoms with Crippen molar-refractivity contribution >= 4 is 11.6 Å². The minimum atomic E-state index is 0.550. The van der Waals surface area contributed by atoms with Crippen LogP contribution in [0.1, 0.15) is 6.42 Å². The molecule has 1 aliphatic heterocycles. The number of pyridine rings is 1. The van der Waals surface area contributed by atoms with Crippen LogP contribution in [0, 0.1) is 0 Å². The summed E-state index contributed by atoms with van der Waals surface area (Å²) in [5.74, 6) is 0.748. The Kier molecular flexibility index (Phi) is 2.89. The van der Waals surface area contributed by atoms with Gasteiger partial charge in [0.25, 0.3) is 0 Å². The van der Waals surface area contributed by atoms with Crippen LogP contribution in [-0.2, 0) is 0 Å².